The SMILES string of the molecule is OC(COC1CCCc2ccccc21)c1ccccc1. The third kappa shape index (κ3) is 2.92. The highest BCUT2D eigenvalue weighted by atomic mass is 16.5. The Balaban J connectivity index is 1.65. The minimum atomic E-state index is -0.551. The molecule has 2 atom stereocenters. The molecule has 0 aromatic heterocycles. The second-order valence-electron chi connectivity index (χ2n) is 5.34. The third-order valence-corrected chi connectivity index (χ3v) is 3.95. The summed E-state index contributed by atoms with van der Waals surface area (Å²) in [6.07, 6.45) is 2.91. The van der Waals surface area contributed by atoms with Gasteiger partial charge in [0, 0.05) is 0 Å². The lowest BCUT2D eigenvalue weighted by molar-refractivity contribution is -0.0183. The lowest BCUT2D eigenvalue weighted by Gasteiger charge is -2.26. The molecule has 0 fully saturated rings. The molecule has 2 heteroatoms. The molecule has 0 aliphatic heterocycles. The smallest absolute Gasteiger partial charge is 0.102 e. The van der Waals surface area contributed by atoms with Crippen molar-refractivity contribution in [2.24, 2.45) is 0 Å². The van der Waals surface area contributed by atoms with E-state index in [1.807, 2.05) is 30.3 Å². The van der Waals surface area contributed by atoms with Gasteiger partial charge in [-0.15, -0.1) is 0 Å². The van der Waals surface area contributed by atoms with E-state index in [1.54, 1.807) is 0 Å². The summed E-state index contributed by atoms with van der Waals surface area (Å²) in [6.45, 7) is 0.350. The summed E-state index contributed by atoms with van der Waals surface area (Å²) >= 11 is 0. The number of hydrogen-bond donors (Lipinski definition) is 1. The molecule has 0 radical (unpaired) electrons. The Hall–Kier alpha value is -1.64. The van der Waals surface area contributed by atoms with Crippen molar-refractivity contribution in [3.63, 3.8) is 0 Å². The number of hydrogen-bond acceptors (Lipinski definition) is 2. The number of aryl methyl sites for hydroxylation is 1. The molecule has 1 aliphatic rings. The van der Waals surface area contributed by atoms with Gasteiger partial charge in [0.25, 0.3) is 0 Å². The number of aliphatic hydroxyl groups is 1. The maximum atomic E-state index is 10.2. The van der Waals surface area contributed by atoms with Crippen LogP contribution in [0.2, 0.25) is 0 Å². The zero-order chi connectivity index (χ0) is 13.8. The Morgan fingerprint density at radius 3 is 2.65 bits per heavy atom. The van der Waals surface area contributed by atoms with E-state index in [1.165, 1.54) is 11.1 Å². The fraction of sp³-hybridized carbons (Fsp3) is 0.333. The number of benzene rings is 2. The van der Waals surface area contributed by atoms with E-state index in [4.69, 9.17) is 4.74 Å². The number of ether oxygens (including phenoxy) is 1. The summed E-state index contributed by atoms with van der Waals surface area (Å²) < 4.78 is 5.98. The van der Waals surface area contributed by atoms with Crippen molar-refractivity contribution < 1.29 is 9.84 Å². The molecular formula is C18H20O2. The number of fused-ring (bicyclic) bond motifs is 1. The Morgan fingerprint density at radius 2 is 1.80 bits per heavy atom. The Bertz CT molecular complexity index is 550. The van der Waals surface area contributed by atoms with Crippen LogP contribution in [0.3, 0.4) is 0 Å². The molecule has 1 aliphatic carbocycles. The average Bonchev–Trinajstić information content (AvgIpc) is 2.53. The molecular weight excluding hydrogens is 248 g/mol. The van der Waals surface area contributed by atoms with E-state index in [0.717, 1.165) is 24.8 Å². The summed E-state index contributed by atoms with van der Waals surface area (Å²) in [5.74, 6) is 0. The molecule has 2 unspecified atom stereocenters. The van der Waals surface area contributed by atoms with Crippen LogP contribution in [0.25, 0.3) is 0 Å². The Morgan fingerprint density at radius 1 is 1.05 bits per heavy atom. The molecule has 20 heavy (non-hydrogen) atoms. The Labute approximate surface area is 120 Å². The quantitative estimate of drug-likeness (QED) is 0.913. The standard InChI is InChI=1S/C18H20O2/c19-17(15-8-2-1-3-9-15)13-20-18-12-6-10-14-7-4-5-11-16(14)18/h1-5,7-9,11,17-19H,6,10,12-13H2. The van der Waals surface area contributed by atoms with Crippen molar-refractivity contribution in [1.82, 2.24) is 0 Å². The van der Waals surface area contributed by atoms with Crippen LogP contribution in [-0.4, -0.2) is 11.7 Å². The summed E-state index contributed by atoms with van der Waals surface area (Å²) in [7, 11) is 0. The topological polar surface area (TPSA) is 29.5 Å². The minimum absolute atomic E-state index is 0.123. The molecule has 0 heterocycles. The minimum Gasteiger partial charge on any atom is -0.386 e. The first-order chi connectivity index (χ1) is 9.84. The van der Waals surface area contributed by atoms with E-state index in [-0.39, 0.29) is 6.10 Å². The van der Waals surface area contributed by atoms with Crippen molar-refractivity contribution in [2.45, 2.75) is 31.5 Å². The highest BCUT2D eigenvalue weighted by molar-refractivity contribution is 5.31. The van der Waals surface area contributed by atoms with Crippen LogP contribution in [0.5, 0.6) is 0 Å². The van der Waals surface area contributed by atoms with Crippen LogP contribution in [-0.2, 0) is 11.2 Å². The summed E-state index contributed by atoms with van der Waals surface area (Å²) in [6, 6.07) is 18.2. The normalized spacial score (nSPS) is 19.4. The molecule has 0 saturated heterocycles. The fourth-order valence-electron chi connectivity index (χ4n) is 2.86. The van der Waals surface area contributed by atoms with Gasteiger partial charge in [0.05, 0.1) is 12.7 Å². The van der Waals surface area contributed by atoms with Crippen molar-refractivity contribution in [3.05, 3.63) is 71.3 Å². The van der Waals surface area contributed by atoms with E-state index < -0.39 is 6.10 Å². The summed E-state index contributed by atoms with van der Waals surface area (Å²) in [5.41, 5.74) is 3.59. The van der Waals surface area contributed by atoms with Gasteiger partial charge < -0.3 is 9.84 Å². The Kier molecular flexibility index (Phi) is 4.14. The zero-order valence-corrected chi connectivity index (χ0v) is 11.5. The summed E-state index contributed by atoms with van der Waals surface area (Å²) in [5, 5.41) is 10.2. The van der Waals surface area contributed by atoms with E-state index in [9.17, 15) is 5.11 Å². The molecule has 0 spiro atoms. The summed E-state index contributed by atoms with van der Waals surface area (Å²) in [4.78, 5) is 0. The van der Waals surface area contributed by atoms with Gasteiger partial charge in [-0.2, -0.15) is 0 Å². The van der Waals surface area contributed by atoms with Gasteiger partial charge in [-0.05, 0) is 36.0 Å². The first kappa shape index (κ1) is 13.3. The van der Waals surface area contributed by atoms with Gasteiger partial charge in [-0.25, -0.2) is 0 Å². The highest BCUT2D eigenvalue weighted by Gasteiger charge is 2.21. The van der Waals surface area contributed by atoms with Crippen molar-refractivity contribution >= 4 is 0 Å². The molecule has 0 saturated carbocycles. The van der Waals surface area contributed by atoms with Gasteiger partial charge in [-0.1, -0.05) is 54.6 Å². The molecule has 2 aromatic rings. The molecule has 1 N–H and O–H groups in total. The van der Waals surface area contributed by atoms with E-state index in [0.29, 0.717) is 6.61 Å². The van der Waals surface area contributed by atoms with Crippen LogP contribution in [0.15, 0.2) is 54.6 Å². The zero-order valence-electron chi connectivity index (χ0n) is 11.5. The largest absolute Gasteiger partial charge is 0.386 e. The lowest BCUT2D eigenvalue weighted by atomic mass is 9.89. The predicted octanol–water partition coefficient (Wildman–Crippen LogP) is 3.81. The maximum absolute atomic E-state index is 10.2. The first-order valence-corrected chi connectivity index (χ1v) is 7.27. The average molecular weight is 268 g/mol. The van der Waals surface area contributed by atoms with Crippen LogP contribution >= 0.6 is 0 Å². The predicted molar refractivity (Wildman–Crippen MR) is 79.5 cm³/mol. The molecule has 2 aromatic carbocycles. The van der Waals surface area contributed by atoms with Crippen molar-refractivity contribution in [1.29, 1.82) is 0 Å². The monoisotopic (exact) mass is 268 g/mol. The van der Waals surface area contributed by atoms with Gasteiger partial charge >= 0.3 is 0 Å². The molecule has 0 amide bonds. The molecule has 104 valence electrons. The molecule has 2 nitrogen and oxygen atoms in total. The fourth-order valence-corrected chi connectivity index (χ4v) is 2.86. The first-order valence-electron chi connectivity index (χ1n) is 7.27. The van der Waals surface area contributed by atoms with E-state index >= 15 is 0 Å². The van der Waals surface area contributed by atoms with Crippen molar-refractivity contribution in [3.8, 4) is 0 Å². The van der Waals surface area contributed by atoms with Crippen LogP contribution < -0.4 is 0 Å². The van der Waals surface area contributed by atoms with Crippen molar-refractivity contribution in [2.75, 3.05) is 6.61 Å². The van der Waals surface area contributed by atoms with Crippen LogP contribution in [0.4, 0.5) is 0 Å². The highest BCUT2D eigenvalue weighted by Crippen LogP contribution is 2.33. The molecule has 0 bridgehead atoms. The second-order valence-corrected chi connectivity index (χ2v) is 5.34. The van der Waals surface area contributed by atoms with Crippen LogP contribution in [0, 0.1) is 0 Å². The second kappa shape index (κ2) is 6.21. The lowest BCUT2D eigenvalue weighted by Crippen LogP contribution is -2.16. The van der Waals surface area contributed by atoms with Gasteiger partial charge in [-0.3, -0.25) is 0 Å². The maximum Gasteiger partial charge on any atom is 0.102 e. The number of rotatable bonds is 4. The third-order valence-electron chi connectivity index (χ3n) is 3.95. The number of aliphatic hydroxyl groups excluding tert-OH is 1. The van der Waals surface area contributed by atoms with Crippen LogP contribution in [0.1, 0.15) is 41.7 Å². The van der Waals surface area contributed by atoms with Gasteiger partial charge in [0.1, 0.15) is 6.10 Å². The molecule has 3 rings (SSSR count). The van der Waals surface area contributed by atoms with E-state index in [2.05, 4.69) is 24.3 Å². The van der Waals surface area contributed by atoms with Gasteiger partial charge in [0.2, 0.25) is 0 Å². The van der Waals surface area contributed by atoms with Gasteiger partial charge in [0.15, 0.2) is 0 Å².